The molecule has 1 fully saturated rings. The normalized spacial score (nSPS) is 18.2. The standard InChI is InChI=1S/C17H25N3/c1-11(2)17-19-14-10-13(8-9-15(14)20(17)3)16(18)12-6-4-5-7-12/h8-12,16H,4-7,18H2,1-3H3. The molecule has 1 aliphatic carbocycles. The summed E-state index contributed by atoms with van der Waals surface area (Å²) in [7, 11) is 2.10. The Morgan fingerprint density at radius 2 is 1.95 bits per heavy atom. The van der Waals surface area contributed by atoms with E-state index in [1.807, 2.05) is 0 Å². The summed E-state index contributed by atoms with van der Waals surface area (Å²) in [6.07, 6.45) is 5.22. The number of nitrogens with two attached hydrogens (primary N) is 1. The van der Waals surface area contributed by atoms with Crippen molar-refractivity contribution < 1.29 is 0 Å². The maximum Gasteiger partial charge on any atom is 0.112 e. The molecule has 1 atom stereocenters. The van der Waals surface area contributed by atoms with Crippen LogP contribution in [0.25, 0.3) is 11.0 Å². The molecular weight excluding hydrogens is 246 g/mol. The van der Waals surface area contributed by atoms with E-state index >= 15 is 0 Å². The van der Waals surface area contributed by atoms with Crippen LogP contribution in [-0.4, -0.2) is 9.55 Å². The molecule has 3 heteroatoms. The van der Waals surface area contributed by atoms with Gasteiger partial charge < -0.3 is 10.3 Å². The number of fused-ring (bicyclic) bond motifs is 1. The molecule has 1 saturated carbocycles. The summed E-state index contributed by atoms with van der Waals surface area (Å²) in [6.45, 7) is 4.37. The lowest BCUT2D eigenvalue weighted by Gasteiger charge is -2.19. The van der Waals surface area contributed by atoms with Gasteiger partial charge in [0.15, 0.2) is 0 Å². The molecule has 0 spiro atoms. The van der Waals surface area contributed by atoms with Gasteiger partial charge in [-0.3, -0.25) is 0 Å². The lowest BCUT2D eigenvalue weighted by Crippen LogP contribution is -2.18. The molecule has 0 radical (unpaired) electrons. The van der Waals surface area contributed by atoms with E-state index in [0.29, 0.717) is 11.8 Å². The number of aromatic nitrogens is 2. The second-order valence-electron chi connectivity index (χ2n) is 6.50. The minimum Gasteiger partial charge on any atom is -0.331 e. The van der Waals surface area contributed by atoms with Gasteiger partial charge in [0.1, 0.15) is 5.82 Å². The van der Waals surface area contributed by atoms with E-state index in [0.717, 1.165) is 11.3 Å². The van der Waals surface area contributed by atoms with Gasteiger partial charge in [-0.05, 0) is 36.5 Å². The molecule has 1 unspecified atom stereocenters. The van der Waals surface area contributed by atoms with E-state index in [4.69, 9.17) is 10.7 Å². The van der Waals surface area contributed by atoms with Crippen LogP contribution in [0.2, 0.25) is 0 Å². The van der Waals surface area contributed by atoms with E-state index < -0.39 is 0 Å². The van der Waals surface area contributed by atoms with Crippen LogP contribution < -0.4 is 5.73 Å². The van der Waals surface area contributed by atoms with Crippen molar-refractivity contribution in [2.75, 3.05) is 0 Å². The molecule has 1 aromatic carbocycles. The molecular formula is C17H25N3. The van der Waals surface area contributed by atoms with E-state index in [1.165, 1.54) is 36.8 Å². The molecule has 1 aromatic heterocycles. The maximum absolute atomic E-state index is 6.46. The van der Waals surface area contributed by atoms with E-state index in [1.54, 1.807) is 0 Å². The van der Waals surface area contributed by atoms with Crippen LogP contribution in [0.5, 0.6) is 0 Å². The fourth-order valence-corrected chi connectivity index (χ4v) is 3.55. The minimum atomic E-state index is 0.173. The Bertz CT molecular complexity index is 606. The fraction of sp³-hybridized carbons (Fsp3) is 0.588. The molecule has 108 valence electrons. The highest BCUT2D eigenvalue weighted by molar-refractivity contribution is 5.77. The van der Waals surface area contributed by atoms with Gasteiger partial charge >= 0.3 is 0 Å². The zero-order valence-corrected chi connectivity index (χ0v) is 12.8. The van der Waals surface area contributed by atoms with E-state index in [9.17, 15) is 0 Å². The van der Waals surface area contributed by atoms with Crippen molar-refractivity contribution >= 4 is 11.0 Å². The third-order valence-electron chi connectivity index (χ3n) is 4.75. The molecule has 20 heavy (non-hydrogen) atoms. The lowest BCUT2D eigenvalue weighted by atomic mass is 9.92. The Balaban J connectivity index is 1.97. The molecule has 2 N–H and O–H groups in total. The van der Waals surface area contributed by atoms with E-state index in [-0.39, 0.29) is 6.04 Å². The summed E-state index contributed by atoms with van der Waals surface area (Å²) in [6, 6.07) is 6.74. The Kier molecular flexibility index (Phi) is 3.55. The van der Waals surface area contributed by atoms with Gasteiger partial charge in [-0.15, -0.1) is 0 Å². The Morgan fingerprint density at radius 1 is 1.25 bits per heavy atom. The van der Waals surface area contributed by atoms with Gasteiger partial charge in [0.25, 0.3) is 0 Å². The zero-order chi connectivity index (χ0) is 14.3. The minimum absolute atomic E-state index is 0.173. The van der Waals surface area contributed by atoms with Gasteiger partial charge in [-0.25, -0.2) is 4.98 Å². The van der Waals surface area contributed by atoms with Crippen molar-refractivity contribution in [3.63, 3.8) is 0 Å². The van der Waals surface area contributed by atoms with Crippen LogP contribution in [0, 0.1) is 5.92 Å². The SMILES string of the molecule is CC(C)c1nc2cc(C(N)C3CCCC3)ccc2n1C. The summed E-state index contributed by atoms with van der Waals surface area (Å²) in [5.74, 6) is 2.24. The van der Waals surface area contributed by atoms with Crippen LogP contribution in [-0.2, 0) is 7.05 Å². The smallest absolute Gasteiger partial charge is 0.112 e. The average molecular weight is 271 g/mol. The Morgan fingerprint density at radius 3 is 2.60 bits per heavy atom. The first-order chi connectivity index (χ1) is 9.58. The molecule has 1 aliphatic rings. The summed E-state index contributed by atoms with van der Waals surface area (Å²) in [5, 5.41) is 0. The quantitative estimate of drug-likeness (QED) is 0.920. The van der Waals surface area contributed by atoms with Crippen molar-refractivity contribution in [2.45, 2.75) is 51.5 Å². The average Bonchev–Trinajstić information content (AvgIpc) is 3.06. The first kappa shape index (κ1) is 13.6. The van der Waals surface area contributed by atoms with Crippen molar-refractivity contribution in [1.82, 2.24) is 9.55 Å². The molecule has 2 aromatic rings. The van der Waals surface area contributed by atoms with Crippen LogP contribution in [0.3, 0.4) is 0 Å². The third-order valence-corrected chi connectivity index (χ3v) is 4.75. The summed E-state index contributed by atoms with van der Waals surface area (Å²) in [5.41, 5.74) is 10.00. The highest BCUT2D eigenvalue weighted by atomic mass is 15.1. The van der Waals surface area contributed by atoms with Crippen LogP contribution >= 0.6 is 0 Å². The zero-order valence-electron chi connectivity index (χ0n) is 12.8. The molecule has 0 bridgehead atoms. The monoisotopic (exact) mass is 271 g/mol. The van der Waals surface area contributed by atoms with Gasteiger partial charge in [0, 0.05) is 19.0 Å². The summed E-state index contributed by atoms with van der Waals surface area (Å²) < 4.78 is 2.20. The maximum atomic E-state index is 6.46. The fourth-order valence-electron chi connectivity index (χ4n) is 3.55. The van der Waals surface area contributed by atoms with Crippen LogP contribution in [0.15, 0.2) is 18.2 Å². The second kappa shape index (κ2) is 5.21. The van der Waals surface area contributed by atoms with Crippen molar-refractivity contribution in [2.24, 2.45) is 18.7 Å². The number of aryl methyl sites for hydroxylation is 1. The van der Waals surface area contributed by atoms with Gasteiger partial charge in [0.2, 0.25) is 0 Å². The number of hydrogen-bond acceptors (Lipinski definition) is 2. The van der Waals surface area contributed by atoms with Crippen LogP contribution in [0.4, 0.5) is 0 Å². The Hall–Kier alpha value is -1.35. The molecule has 0 amide bonds. The lowest BCUT2D eigenvalue weighted by molar-refractivity contribution is 0.445. The summed E-state index contributed by atoms with van der Waals surface area (Å²) >= 11 is 0. The number of nitrogens with zero attached hydrogens (tertiary/aromatic N) is 2. The van der Waals surface area contributed by atoms with Gasteiger partial charge in [-0.2, -0.15) is 0 Å². The molecule has 3 nitrogen and oxygen atoms in total. The largest absolute Gasteiger partial charge is 0.331 e. The van der Waals surface area contributed by atoms with Crippen molar-refractivity contribution in [3.05, 3.63) is 29.6 Å². The molecule has 0 saturated heterocycles. The number of benzene rings is 1. The van der Waals surface area contributed by atoms with Crippen LogP contribution in [0.1, 0.15) is 62.9 Å². The molecule has 0 aliphatic heterocycles. The number of imidazole rings is 1. The van der Waals surface area contributed by atoms with Crippen molar-refractivity contribution in [3.8, 4) is 0 Å². The number of hydrogen-bond donors (Lipinski definition) is 1. The third kappa shape index (κ3) is 2.24. The van der Waals surface area contributed by atoms with Crippen molar-refractivity contribution in [1.29, 1.82) is 0 Å². The van der Waals surface area contributed by atoms with E-state index in [2.05, 4.69) is 43.7 Å². The summed E-state index contributed by atoms with van der Waals surface area (Å²) in [4.78, 5) is 4.79. The Labute approximate surface area is 121 Å². The highest BCUT2D eigenvalue weighted by Gasteiger charge is 2.23. The predicted octanol–water partition coefficient (Wildman–Crippen LogP) is 3.89. The second-order valence-corrected chi connectivity index (χ2v) is 6.50. The molecule has 3 rings (SSSR count). The molecule has 1 heterocycles. The predicted molar refractivity (Wildman–Crippen MR) is 83.7 cm³/mol. The first-order valence-corrected chi connectivity index (χ1v) is 7.79. The number of rotatable bonds is 3. The van der Waals surface area contributed by atoms with Gasteiger partial charge in [-0.1, -0.05) is 32.8 Å². The highest BCUT2D eigenvalue weighted by Crippen LogP contribution is 2.35. The first-order valence-electron chi connectivity index (χ1n) is 7.79. The van der Waals surface area contributed by atoms with Gasteiger partial charge in [0.05, 0.1) is 11.0 Å². The topological polar surface area (TPSA) is 43.8 Å².